The number of nitrogens with one attached hydrogen (secondary N) is 1. The predicted octanol–water partition coefficient (Wildman–Crippen LogP) is 2.27. The van der Waals surface area contributed by atoms with Crippen LogP contribution in [0, 0.1) is 5.41 Å². The Labute approximate surface area is 116 Å². The van der Waals surface area contributed by atoms with Crippen LogP contribution in [0.5, 0.6) is 0 Å². The Morgan fingerprint density at radius 1 is 1.37 bits per heavy atom. The highest BCUT2D eigenvalue weighted by Gasteiger charge is 2.43. The molecule has 1 saturated carbocycles. The summed E-state index contributed by atoms with van der Waals surface area (Å²) in [5.74, 6) is 0.0149. The van der Waals surface area contributed by atoms with Crippen molar-refractivity contribution in [1.82, 2.24) is 5.32 Å². The van der Waals surface area contributed by atoms with Crippen LogP contribution in [0.4, 0.5) is 0 Å². The van der Waals surface area contributed by atoms with Gasteiger partial charge in [-0.05, 0) is 38.6 Å². The smallest absolute Gasteiger partial charge is 0.313 e. The Kier molecular flexibility index (Phi) is 5.22. The maximum atomic E-state index is 12.5. The molecule has 1 heterocycles. The van der Waals surface area contributed by atoms with E-state index in [1.165, 1.54) is 0 Å². The third-order valence-corrected chi connectivity index (χ3v) is 4.59. The first kappa shape index (κ1) is 14.8. The van der Waals surface area contributed by atoms with Crippen molar-refractivity contribution in [2.75, 3.05) is 20.2 Å². The van der Waals surface area contributed by atoms with Gasteiger partial charge < -0.3 is 14.8 Å². The normalized spacial score (nSPS) is 35.3. The van der Waals surface area contributed by atoms with E-state index in [4.69, 9.17) is 9.47 Å². The lowest BCUT2D eigenvalue weighted by Crippen LogP contribution is -2.39. The van der Waals surface area contributed by atoms with Gasteiger partial charge in [0.25, 0.3) is 0 Å². The van der Waals surface area contributed by atoms with Crippen LogP contribution in [-0.2, 0) is 14.3 Å². The summed E-state index contributed by atoms with van der Waals surface area (Å²) >= 11 is 0. The summed E-state index contributed by atoms with van der Waals surface area (Å²) in [7, 11) is 1.74. The van der Waals surface area contributed by atoms with Crippen molar-refractivity contribution in [3.8, 4) is 0 Å². The molecule has 1 aliphatic heterocycles. The quantitative estimate of drug-likeness (QED) is 0.778. The molecule has 3 atom stereocenters. The molecule has 1 aliphatic carbocycles. The second-order valence-corrected chi connectivity index (χ2v) is 6.01. The molecule has 110 valence electrons. The van der Waals surface area contributed by atoms with Crippen molar-refractivity contribution in [2.24, 2.45) is 5.41 Å². The fraction of sp³-hybridized carbons (Fsp3) is 0.933. The number of rotatable bonds is 5. The summed E-state index contributed by atoms with van der Waals surface area (Å²) < 4.78 is 11.2. The van der Waals surface area contributed by atoms with E-state index in [-0.39, 0.29) is 23.6 Å². The summed E-state index contributed by atoms with van der Waals surface area (Å²) in [5.41, 5.74) is -0.269. The maximum absolute atomic E-state index is 12.5. The molecule has 19 heavy (non-hydrogen) atoms. The molecule has 4 heteroatoms. The van der Waals surface area contributed by atoms with Crippen LogP contribution in [0.3, 0.4) is 0 Å². The minimum Gasteiger partial charge on any atom is -0.462 e. The van der Waals surface area contributed by atoms with Gasteiger partial charge in [-0.25, -0.2) is 0 Å². The topological polar surface area (TPSA) is 47.6 Å². The zero-order chi connectivity index (χ0) is 13.7. The minimum atomic E-state index is -0.269. The molecule has 0 bridgehead atoms. The molecular formula is C15H27NO3. The summed E-state index contributed by atoms with van der Waals surface area (Å²) in [6.45, 7) is 3.84. The van der Waals surface area contributed by atoms with E-state index in [9.17, 15) is 4.79 Å². The number of carbonyl (C=O) groups is 1. The molecule has 0 aromatic carbocycles. The van der Waals surface area contributed by atoms with Crippen molar-refractivity contribution in [1.29, 1.82) is 0 Å². The molecule has 4 nitrogen and oxygen atoms in total. The van der Waals surface area contributed by atoms with Gasteiger partial charge in [-0.15, -0.1) is 0 Å². The minimum absolute atomic E-state index is 0.0149. The Balaban J connectivity index is 1.91. The Morgan fingerprint density at radius 3 is 2.79 bits per heavy atom. The highest BCUT2D eigenvalue weighted by Crippen LogP contribution is 2.34. The fourth-order valence-electron chi connectivity index (χ4n) is 3.41. The largest absolute Gasteiger partial charge is 0.462 e. The van der Waals surface area contributed by atoms with Gasteiger partial charge in [-0.2, -0.15) is 0 Å². The molecule has 0 amide bonds. The first-order chi connectivity index (χ1) is 9.20. The SMILES string of the molecule is CCCC1(C(=O)OC2CCCC(OC)C2)CCNC1. The van der Waals surface area contributed by atoms with Crippen LogP contribution in [0.25, 0.3) is 0 Å². The second-order valence-electron chi connectivity index (χ2n) is 6.01. The molecule has 3 unspecified atom stereocenters. The van der Waals surface area contributed by atoms with Crippen LogP contribution in [0.15, 0.2) is 0 Å². The average Bonchev–Trinajstić information content (AvgIpc) is 2.89. The van der Waals surface area contributed by atoms with Crippen molar-refractivity contribution in [3.05, 3.63) is 0 Å². The summed E-state index contributed by atoms with van der Waals surface area (Å²) in [5, 5.41) is 3.31. The van der Waals surface area contributed by atoms with Crippen LogP contribution in [0.1, 0.15) is 51.9 Å². The van der Waals surface area contributed by atoms with Gasteiger partial charge >= 0.3 is 5.97 Å². The number of esters is 1. The molecule has 2 aliphatic rings. The number of ether oxygens (including phenoxy) is 2. The predicted molar refractivity (Wildman–Crippen MR) is 74.0 cm³/mol. The van der Waals surface area contributed by atoms with Gasteiger partial charge in [0.1, 0.15) is 6.10 Å². The highest BCUT2D eigenvalue weighted by atomic mass is 16.5. The monoisotopic (exact) mass is 269 g/mol. The van der Waals surface area contributed by atoms with E-state index in [1.807, 2.05) is 0 Å². The van der Waals surface area contributed by atoms with Crippen LogP contribution < -0.4 is 5.32 Å². The van der Waals surface area contributed by atoms with E-state index >= 15 is 0 Å². The molecule has 0 aromatic heterocycles. The molecule has 0 radical (unpaired) electrons. The summed E-state index contributed by atoms with van der Waals surface area (Å²) in [4.78, 5) is 12.5. The van der Waals surface area contributed by atoms with Gasteiger partial charge in [0.05, 0.1) is 11.5 Å². The number of hydrogen-bond donors (Lipinski definition) is 1. The van der Waals surface area contributed by atoms with Gasteiger partial charge in [0.15, 0.2) is 0 Å². The lowest BCUT2D eigenvalue weighted by atomic mass is 9.82. The Morgan fingerprint density at radius 2 is 2.16 bits per heavy atom. The van der Waals surface area contributed by atoms with Crippen molar-refractivity contribution in [2.45, 2.75) is 64.1 Å². The third kappa shape index (κ3) is 3.48. The third-order valence-electron chi connectivity index (χ3n) is 4.59. The lowest BCUT2D eigenvalue weighted by Gasteiger charge is -2.32. The molecule has 0 aromatic rings. The lowest BCUT2D eigenvalue weighted by molar-refractivity contribution is -0.164. The number of carbonyl (C=O) groups excluding carboxylic acids is 1. The van der Waals surface area contributed by atoms with Gasteiger partial charge in [-0.3, -0.25) is 4.79 Å². The van der Waals surface area contributed by atoms with E-state index in [0.717, 1.165) is 58.0 Å². The second kappa shape index (κ2) is 6.71. The highest BCUT2D eigenvalue weighted by molar-refractivity contribution is 5.77. The van der Waals surface area contributed by atoms with E-state index in [1.54, 1.807) is 7.11 Å². The zero-order valence-electron chi connectivity index (χ0n) is 12.2. The Hall–Kier alpha value is -0.610. The maximum Gasteiger partial charge on any atom is 0.313 e. The summed E-state index contributed by atoms with van der Waals surface area (Å²) in [6, 6.07) is 0. The van der Waals surface area contributed by atoms with Gasteiger partial charge in [0, 0.05) is 20.1 Å². The molecule has 0 spiro atoms. The number of hydrogen-bond acceptors (Lipinski definition) is 4. The first-order valence-electron chi connectivity index (χ1n) is 7.65. The van der Waals surface area contributed by atoms with Crippen LogP contribution >= 0.6 is 0 Å². The zero-order valence-corrected chi connectivity index (χ0v) is 12.2. The van der Waals surface area contributed by atoms with Gasteiger partial charge in [0.2, 0.25) is 0 Å². The summed E-state index contributed by atoms with van der Waals surface area (Å²) in [6.07, 6.45) is 7.22. The van der Waals surface area contributed by atoms with Crippen molar-refractivity contribution in [3.63, 3.8) is 0 Å². The van der Waals surface area contributed by atoms with Crippen molar-refractivity contribution >= 4 is 5.97 Å². The molecular weight excluding hydrogens is 242 g/mol. The molecule has 2 fully saturated rings. The van der Waals surface area contributed by atoms with Gasteiger partial charge in [-0.1, -0.05) is 13.3 Å². The van der Waals surface area contributed by atoms with Crippen molar-refractivity contribution < 1.29 is 14.3 Å². The van der Waals surface area contributed by atoms with Crippen LogP contribution in [0.2, 0.25) is 0 Å². The van der Waals surface area contributed by atoms with Crippen LogP contribution in [-0.4, -0.2) is 38.4 Å². The van der Waals surface area contributed by atoms with E-state index in [0.29, 0.717) is 0 Å². The molecule has 1 saturated heterocycles. The standard InChI is InChI=1S/C15H27NO3/c1-3-7-15(8-9-16-11-15)14(17)19-13-6-4-5-12(10-13)18-2/h12-13,16H,3-11H2,1-2H3. The van der Waals surface area contributed by atoms with E-state index in [2.05, 4.69) is 12.2 Å². The molecule has 2 rings (SSSR count). The Bertz CT molecular complexity index is 300. The molecule has 1 N–H and O–H groups in total. The average molecular weight is 269 g/mol. The number of methoxy groups -OCH3 is 1. The first-order valence-corrected chi connectivity index (χ1v) is 7.65. The fourth-order valence-corrected chi connectivity index (χ4v) is 3.41. The van der Waals surface area contributed by atoms with E-state index < -0.39 is 0 Å².